The molecule has 0 aliphatic carbocycles. The fourth-order valence-electron chi connectivity index (χ4n) is 2.26. The SMILES string of the molecule is O=C(Cn1cccc(C(F)(F)F)c1=O)NCc1nc2ccccc2s1. The van der Waals surface area contributed by atoms with E-state index >= 15 is 0 Å². The van der Waals surface area contributed by atoms with Gasteiger partial charge in [0.15, 0.2) is 0 Å². The Bertz CT molecular complexity index is 945. The Morgan fingerprint density at radius 1 is 1.20 bits per heavy atom. The van der Waals surface area contributed by atoms with Gasteiger partial charge in [-0.05, 0) is 24.3 Å². The molecule has 0 aliphatic rings. The first-order valence-corrected chi connectivity index (χ1v) is 8.04. The van der Waals surface area contributed by atoms with Crippen LogP contribution in [0.2, 0.25) is 0 Å². The molecular formula is C16H12F3N3O2S. The molecule has 0 unspecified atom stereocenters. The Balaban J connectivity index is 1.68. The zero-order chi connectivity index (χ0) is 18.0. The predicted molar refractivity (Wildman–Crippen MR) is 87.2 cm³/mol. The van der Waals surface area contributed by atoms with Crippen molar-refractivity contribution in [3.63, 3.8) is 0 Å². The minimum Gasteiger partial charge on any atom is -0.348 e. The summed E-state index contributed by atoms with van der Waals surface area (Å²) in [5, 5.41) is 3.23. The van der Waals surface area contributed by atoms with Gasteiger partial charge in [-0.25, -0.2) is 4.98 Å². The van der Waals surface area contributed by atoms with Gasteiger partial charge in [-0.1, -0.05) is 12.1 Å². The maximum atomic E-state index is 12.7. The molecule has 0 saturated heterocycles. The number of halogens is 3. The van der Waals surface area contributed by atoms with Crippen LogP contribution in [-0.4, -0.2) is 15.5 Å². The van der Waals surface area contributed by atoms with E-state index < -0.39 is 29.8 Å². The summed E-state index contributed by atoms with van der Waals surface area (Å²) >= 11 is 1.41. The monoisotopic (exact) mass is 367 g/mol. The second-order valence-corrected chi connectivity index (χ2v) is 6.32. The highest BCUT2D eigenvalue weighted by atomic mass is 32.1. The normalized spacial score (nSPS) is 11.6. The van der Waals surface area contributed by atoms with Crippen molar-refractivity contribution < 1.29 is 18.0 Å². The van der Waals surface area contributed by atoms with Crippen LogP contribution >= 0.6 is 11.3 Å². The lowest BCUT2D eigenvalue weighted by molar-refractivity contribution is -0.139. The first-order chi connectivity index (χ1) is 11.8. The van der Waals surface area contributed by atoms with Gasteiger partial charge in [0.05, 0.1) is 16.8 Å². The number of carbonyl (C=O) groups is 1. The lowest BCUT2D eigenvalue weighted by Crippen LogP contribution is -2.34. The van der Waals surface area contributed by atoms with Crippen molar-refractivity contribution in [2.75, 3.05) is 0 Å². The summed E-state index contributed by atoms with van der Waals surface area (Å²) in [6, 6.07) is 9.26. The van der Waals surface area contributed by atoms with Crippen LogP contribution in [0.4, 0.5) is 13.2 Å². The number of pyridine rings is 1. The summed E-state index contributed by atoms with van der Waals surface area (Å²) in [6.45, 7) is -0.348. The molecule has 5 nitrogen and oxygen atoms in total. The number of hydrogen-bond acceptors (Lipinski definition) is 4. The minimum absolute atomic E-state index is 0.145. The van der Waals surface area contributed by atoms with Crippen molar-refractivity contribution in [2.45, 2.75) is 19.3 Å². The summed E-state index contributed by atoms with van der Waals surface area (Å²) in [6.07, 6.45) is -3.60. The second-order valence-electron chi connectivity index (χ2n) is 5.20. The van der Waals surface area contributed by atoms with E-state index in [1.807, 2.05) is 24.3 Å². The minimum atomic E-state index is -4.75. The molecule has 2 aromatic heterocycles. The molecule has 1 amide bonds. The zero-order valence-corrected chi connectivity index (χ0v) is 13.5. The van der Waals surface area contributed by atoms with E-state index in [0.29, 0.717) is 11.1 Å². The summed E-state index contributed by atoms with van der Waals surface area (Å²) in [5.41, 5.74) is -1.73. The Morgan fingerprint density at radius 2 is 1.96 bits per heavy atom. The van der Waals surface area contributed by atoms with Crippen molar-refractivity contribution in [3.05, 3.63) is 63.5 Å². The molecule has 0 atom stereocenters. The van der Waals surface area contributed by atoms with Crippen LogP contribution < -0.4 is 10.9 Å². The lowest BCUT2D eigenvalue weighted by Gasteiger charge is -2.10. The highest BCUT2D eigenvalue weighted by Crippen LogP contribution is 2.26. The van der Waals surface area contributed by atoms with Crippen molar-refractivity contribution in [1.82, 2.24) is 14.9 Å². The summed E-state index contributed by atoms with van der Waals surface area (Å²) in [5.74, 6) is -0.569. The summed E-state index contributed by atoms with van der Waals surface area (Å²) in [7, 11) is 0. The Kier molecular flexibility index (Phi) is 4.58. The third kappa shape index (κ3) is 3.87. The molecular weight excluding hydrogens is 355 g/mol. The molecule has 1 aromatic carbocycles. The molecule has 0 spiro atoms. The lowest BCUT2D eigenvalue weighted by atomic mass is 10.2. The number of aromatic nitrogens is 2. The molecule has 9 heteroatoms. The number of alkyl halides is 3. The van der Waals surface area contributed by atoms with Gasteiger partial charge in [-0.3, -0.25) is 9.59 Å². The molecule has 0 bridgehead atoms. The van der Waals surface area contributed by atoms with Gasteiger partial charge < -0.3 is 9.88 Å². The van der Waals surface area contributed by atoms with E-state index in [1.165, 1.54) is 11.3 Å². The van der Waals surface area contributed by atoms with Gasteiger partial charge in [0, 0.05) is 6.20 Å². The largest absolute Gasteiger partial charge is 0.421 e. The van der Waals surface area contributed by atoms with Crippen LogP contribution in [0.3, 0.4) is 0 Å². The van der Waals surface area contributed by atoms with Crippen LogP contribution in [0.1, 0.15) is 10.6 Å². The number of carbonyl (C=O) groups excluding carboxylic acids is 1. The number of hydrogen-bond donors (Lipinski definition) is 1. The number of rotatable bonds is 4. The number of benzene rings is 1. The number of amides is 1. The number of fused-ring (bicyclic) bond motifs is 1. The fourth-order valence-corrected chi connectivity index (χ4v) is 3.16. The Hall–Kier alpha value is -2.68. The van der Waals surface area contributed by atoms with E-state index in [1.54, 1.807) is 0 Å². The number of thiazole rings is 1. The highest BCUT2D eigenvalue weighted by Gasteiger charge is 2.34. The second kappa shape index (κ2) is 6.67. The third-order valence-corrected chi connectivity index (χ3v) is 4.45. The maximum absolute atomic E-state index is 12.7. The van der Waals surface area contributed by atoms with Crippen LogP contribution in [-0.2, 0) is 24.1 Å². The van der Waals surface area contributed by atoms with Gasteiger partial charge in [-0.2, -0.15) is 13.2 Å². The van der Waals surface area contributed by atoms with Gasteiger partial charge in [0.25, 0.3) is 5.56 Å². The fraction of sp³-hybridized carbons (Fsp3) is 0.188. The zero-order valence-electron chi connectivity index (χ0n) is 12.7. The smallest absolute Gasteiger partial charge is 0.348 e. The van der Waals surface area contributed by atoms with E-state index in [2.05, 4.69) is 10.3 Å². The van der Waals surface area contributed by atoms with Gasteiger partial charge in [-0.15, -0.1) is 11.3 Å². The molecule has 25 heavy (non-hydrogen) atoms. The molecule has 2 heterocycles. The average Bonchev–Trinajstić information content (AvgIpc) is 2.97. The quantitative estimate of drug-likeness (QED) is 0.771. The third-order valence-electron chi connectivity index (χ3n) is 3.41. The van der Waals surface area contributed by atoms with Crippen LogP contribution in [0.15, 0.2) is 47.4 Å². The molecule has 130 valence electrons. The Morgan fingerprint density at radius 3 is 2.68 bits per heavy atom. The molecule has 0 fully saturated rings. The molecule has 1 N–H and O–H groups in total. The first kappa shape index (κ1) is 17.2. The van der Waals surface area contributed by atoms with Crippen molar-refractivity contribution in [1.29, 1.82) is 0 Å². The van der Waals surface area contributed by atoms with E-state index in [4.69, 9.17) is 0 Å². The van der Waals surface area contributed by atoms with Gasteiger partial charge >= 0.3 is 6.18 Å². The van der Waals surface area contributed by atoms with Crippen molar-refractivity contribution >= 4 is 27.5 Å². The maximum Gasteiger partial charge on any atom is 0.421 e. The van der Waals surface area contributed by atoms with E-state index in [-0.39, 0.29) is 6.54 Å². The van der Waals surface area contributed by atoms with Crippen molar-refractivity contribution in [3.8, 4) is 0 Å². The average molecular weight is 367 g/mol. The Labute approximate surface area is 143 Å². The van der Waals surface area contributed by atoms with Gasteiger partial charge in [0.2, 0.25) is 5.91 Å². The number of para-hydroxylation sites is 1. The van der Waals surface area contributed by atoms with E-state index in [0.717, 1.165) is 27.0 Å². The van der Waals surface area contributed by atoms with Gasteiger partial charge in [0.1, 0.15) is 17.1 Å². The topological polar surface area (TPSA) is 64.0 Å². The molecule has 0 aliphatic heterocycles. The number of nitrogens with zero attached hydrogens (tertiary/aromatic N) is 2. The molecule has 0 saturated carbocycles. The summed E-state index contributed by atoms with van der Waals surface area (Å²) in [4.78, 5) is 28.1. The highest BCUT2D eigenvalue weighted by molar-refractivity contribution is 7.18. The summed E-state index contributed by atoms with van der Waals surface area (Å²) < 4.78 is 39.9. The van der Waals surface area contributed by atoms with Crippen LogP contribution in [0.25, 0.3) is 10.2 Å². The molecule has 3 rings (SSSR count). The first-order valence-electron chi connectivity index (χ1n) is 7.22. The van der Waals surface area contributed by atoms with Crippen molar-refractivity contribution in [2.24, 2.45) is 0 Å². The van der Waals surface area contributed by atoms with Crippen LogP contribution in [0.5, 0.6) is 0 Å². The van der Waals surface area contributed by atoms with Crippen LogP contribution in [0, 0.1) is 0 Å². The number of nitrogens with one attached hydrogen (secondary N) is 1. The molecule has 0 radical (unpaired) electrons. The van der Waals surface area contributed by atoms with E-state index in [9.17, 15) is 22.8 Å². The predicted octanol–water partition coefficient (Wildman–Crippen LogP) is 2.79. The standard InChI is InChI=1S/C16H12F3N3O2S/c17-16(18,19)10-4-3-7-22(15(10)24)9-13(23)20-8-14-21-11-5-1-2-6-12(11)25-14/h1-7H,8-9H2,(H,20,23). The molecule has 3 aromatic rings.